The van der Waals surface area contributed by atoms with Crippen molar-refractivity contribution in [2.75, 3.05) is 23.3 Å². The van der Waals surface area contributed by atoms with E-state index < -0.39 is 0 Å². The summed E-state index contributed by atoms with van der Waals surface area (Å²) in [5.41, 5.74) is 2.27. The van der Waals surface area contributed by atoms with Crippen LogP contribution in [0.2, 0.25) is 0 Å². The van der Waals surface area contributed by atoms with E-state index in [-0.39, 0.29) is 5.91 Å². The molecule has 0 unspecified atom stereocenters. The average Bonchev–Trinajstić information content (AvgIpc) is 2.58. The number of pyridine rings is 1. The van der Waals surface area contributed by atoms with Gasteiger partial charge in [-0.25, -0.2) is 4.98 Å². The van der Waals surface area contributed by atoms with Gasteiger partial charge in [0.05, 0.1) is 17.6 Å². The Balaban J connectivity index is 1.69. The molecule has 2 aromatic rings. The molecule has 0 radical (unpaired) electrons. The fourth-order valence-electron chi connectivity index (χ4n) is 2.61. The van der Waals surface area contributed by atoms with Gasteiger partial charge in [0.15, 0.2) is 0 Å². The Labute approximate surface area is 138 Å². The van der Waals surface area contributed by atoms with Gasteiger partial charge in [0.2, 0.25) is 0 Å². The number of nitrogens with one attached hydrogen (secondary N) is 1. The number of amides is 1. The summed E-state index contributed by atoms with van der Waals surface area (Å²) >= 11 is 3.42. The van der Waals surface area contributed by atoms with Crippen molar-refractivity contribution in [1.82, 2.24) is 4.98 Å². The van der Waals surface area contributed by atoms with Gasteiger partial charge in [0.25, 0.3) is 5.91 Å². The highest BCUT2D eigenvalue weighted by Gasteiger charge is 2.13. The summed E-state index contributed by atoms with van der Waals surface area (Å²) in [7, 11) is 0. The van der Waals surface area contributed by atoms with E-state index in [1.54, 1.807) is 12.3 Å². The van der Waals surface area contributed by atoms with Gasteiger partial charge in [0, 0.05) is 17.6 Å². The topological polar surface area (TPSA) is 45.2 Å². The highest BCUT2D eigenvalue weighted by molar-refractivity contribution is 9.10. The molecule has 1 fully saturated rings. The van der Waals surface area contributed by atoms with Crippen molar-refractivity contribution in [3.63, 3.8) is 0 Å². The first kappa shape index (κ1) is 15.0. The summed E-state index contributed by atoms with van der Waals surface area (Å²) in [4.78, 5) is 18.9. The number of anilines is 2. The van der Waals surface area contributed by atoms with Gasteiger partial charge < -0.3 is 10.2 Å². The molecule has 1 aliphatic heterocycles. The number of hydrogen-bond acceptors (Lipinski definition) is 3. The summed E-state index contributed by atoms with van der Waals surface area (Å²) < 4.78 is 0.855. The Kier molecular flexibility index (Phi) is 4.73. The van der Waals surface area contributed by atoms with Crippen molar-refractivity contribution < 1.29 is 4.79 Å². The smallest absolute Gasteiger partial charge is 0.274 e. The summed E-state index contributed by atoms with van der Waals surface area (Å²) in [6.07, 6.45) is 5.55. The van der Waals surface area contributed by atoms with Gasteiger partial charge in [0.1, 0.15) is 5.69 Å². The van der Waals surface area contributed by atoms with Crippen LogP contribution in [0.1, 0.15) is 29.8 Å². The van der Waals surface area contributed by atoms with E-state index in [4.69, 9.17) is 0 Å². The molecule has 0 spiro atoms. The van der Waals surface area contributed by atoms with Crippen molar-refractivity contribution in [1.29, 1.82) is 0 Å². The Morgan fingerprint density at radius 1 is 1.09 bits per heavy atom. The molecule has 4 nitrogen and oxygen atoms in total. The zero-order chi connectivity index (χ0) is 15.4. The van der Waals surface area contributed by atoms with Gasteiger partial charge in [-0.3, -0.25) is 4.79 Å². The number of carbonyl (C=O) groups excluding carboxylic acids is 1. The lowest BCUT2D eigenvalue weighted by molar-refractivity contribution is 0.102. The van der Waals surface area contributed by atoms with Crippen LogP contribution in [0.15, 0.2) is 47.1 Å². The number of carbonyl (C=O) groups is 1. The molecule has 3 rings (SSSR count). The first-order valence-electron chi connectivity index (χ1n) is 7.51. The van der Waals surface area contributed by atoms with Gasteiger partial charge >= 0.3 is 0 Å². The maximum absolute atomic E-state index is 12.2. The largest absolute Gasteiger partial charge is 0.370 e. The lowest BCUT2D eigenvalue weighted by atomic mass is 10.1. The van der Waals surface area contributed by atoms with Gasteiger partial charge in [-0.1, -0.05) is 12.1 Å². The predicted molar refractivity (Wildman–Crippen MR) is 92.4 cm³/mol. The highest BCUT2D eigenvalue weighted by atomic mass is 79.9. The van der Waals surface area contributed by atoms with Crippen molar-refractivity contribution in [3.05, 3.63) is 52.8 Å². The van der Waals surface area contributed by atoms with E-state index in [0.29, 0.717) is 5.69 Å². The molecule has 114 valence electrons. The third-order valence-corrected chi connectivity index (χ3v) is 4.52. The average molecular weight is 360 g/mol. The number of para-hydroxylation sites is 1. The molecule has 0 aliphatic carbocycles. The monoisotopic (exact) mass is 359 g/mol. The number of piperidine rings is 1. The molecule has 22 heavy (non-hydrogen) atoms. The molecule has 0 saturated carbocycles. The number of halogens is 1. The molecule has 1 aliphatic rings. The van der Waals surface area contributed by atoms with Crippen LogP contribution in [0, 0.1) is 0 Å². The second-order valence-corrected chi connectivity index (χ2v) is 6.24. The first-order chi connectivity index (χ1) is 10.7. The van der Waals surface area contributed by atoms with Crippen molar-refractivity contribution in [2.45, 2.75) is 19.3 Å². The Hall–Kier alpha value is -1.88. The maximum Gasteiger partial charge on any atom is 0.274 e. The van der Waals surface area contributed by atoms with Crippen LogP contribution in [0.25, 0.3) is 0 Å². The van der Waals surface area contributed by atoms with Crippen LogP contribution < -0.4 is 10.2 Å². The zero-order valence-corrected chi connectivity index (χ0v) is 13.8. The van der Waals surface area contributed by atoms with E-state index in [0.717, 1.165) is 28.9 Å². The number of aromatic nitrogens is 1. The summed E-state index contributed by atoms with van der Waals surface area (Å²) in [5, 5.41) is 2.86. The van der Waals surface area contributed by atoms with Crippen LogP contribution in [0.3, 0.4) is 0 Å². The third-order valence-electron chi connectivity index (χ3n) is 3.82. The van der Waals surface area contributed by atoms with E-state index in [1.807, 2.05) is 30.3 Å². The molecule has 0 bridgehead atoms. The van der Waals surface area contributed by atoms with Crippen LogP contribution in [0.5, 0.6) is 0 Å². The minimum absolute atomic E-state index is 0.197. The van der Waals surface area contributed by atoms with Gasteiger partial charge in [-0.05, 0) is 59.5 Å². The Bertz CT molecular complexity index is 651. The molecule has 1 saturated heterocycles. The maximum atomic E-state index is 12.2. The SMILES string of the molecule is O=C(Nc1ccccc1Br)c1ccc(N2CCCCC2)cn1. The fraction of sp³-hybridized carbons (Fsp3) is 0.294. The number of benzene rings is 1. The molecule has 1 N–H and O–H groups in total. The molecule has 1 aromatic heterocycles. The van der Waals surface area contributed by atoms with E-state index in [9.17, 15) is 4.79 Å². The number of rotatable bonds is 3. The molecule has 1 amide bonds. The first-order valence-corrected chi connectivity index (χ1v) is 8.30. The van der Waals surface area contributed by atoms with Gasteiger partial charge in [-0.2, -0.15) is 0 Å². The highest BCUT2D eigenvalue weighted by Crippen LogP contribution is 2.22. The lowest BCUT2D eigenvalue weighted by Gasteiger charge is -2.28. The molecular formula is C17H18BrN3O. The minimum atomic E-state index is -0.197. The summed E-state index contributed by atoms with van der Waals surface area (Å²) in [6, 6.07) is 11.3. The van der Waals surface area contributed by atoms with Crippen molar-refractivity contribution in [3.8, 4) is 0 Å². The molecule has 0 atom stereocenters. The normalized spacial score (nSPS) is 14.7. The van der Waals surface area contributed by atoms with Crippen LogP contribution in [-0.2, 0) is 0 Å². The predicted octanol–water partition coefficient (Wildman–Crippen LogP) is 4.09. The fourth-order valence-corrected chi connectivity index (χ4v) is 2.99. The van der Waals surface area contributed by atoms with E-state index >= 15 is 0 Å². The Morgan fingerprint density at radius 2 is 1.86 bits per heavy atom. The summed E-state index contributed by atoms with van der Waals surface area (Å²) in [5.74, 6) is -0.197. The third kappa shape index (κ3) is 3.47. The molecule has 1 aromatic carbocycles. The van der Waals surface area contributed by atoms with E-state index in [1.165, 1.54) is 19.3 Å². The Morgan fingerprint density at radius 3 is 2.55 bits per heavy atom. The summed E-state index contributed by atoms with van der Waals surface area (Å²) in [6.45, 7) is 2.15. The molecular weight excluding hydrogens is 342 g/mol. The molecule has 5 heteroatoms. The number of nitrogens with zero attached hydrogens (tertiary/aromatic N) is 2. The lowest BCUT2D eigenvalue weighted by Crippen LogP contribution is -2.29. The van der Waals surface area contributed by atoms with Crippen molar-refractivity contribution in [2.24, 2.45) is 0 Å². The van der Waals surface area contributed by atoms with Crippen molar-refractivity contribution >= 4 is 33.2 Å². The second-order valence-electron chi connectivity index (χ2n) is 5.38. The zero-order valence-electron chi connectivity index (χ0n) is 12.3. The van der Waals surface area contributed by atoms with E-state index in [2.05, 4.69) is 31.1 Å². The quantitative estimate of drug-likeness (QED) is 0.897. The number of hydrogen-bond donors (Lipinski definition) is 1. The van der Waals surface area contributed by atoms with Crippen LogP contribution >= 0.6 is 15.9 Å². The standard InChI is InChI=1S/C17H18BrN3O/c18-14-6-2-3-7-15(14)20-17(22)16-9-8-13(12-19-16)21-10-4-1-5-11-21/h2-3,6-9,12H,1,4-5,10-11H2,(H,20,22). The minimum Gasteiger partial charge on any atom is -0.370 e. The van der Waals surface area contributed by atoms with Crippen LogP contribution in [-0.4, -0.2) is 24.0 Å². The van der Waals surface area contributed by atoms with Gasteiger partial charge in [-0.15, -0.1) is 0 Å². The van der Waals surface area contributed by atoms with Crippen LogP contribution in [0.4, 0.5) is 11.4 Å². The second kappa shape index (κ2) is 6.92. The molecule has 2 heterocycles.